The van der Waals surface area contributed by atoms with Crippen LogP contribution in [0.25, 0.3) is 0 Å². The van der Waals surface area contributed by atoms with E-state index >= 15 is 0 Å². The first-order valence-electron chi connectivity index (χ1n) is 5.59. The number of aliphatic hydroxyl groups is 2. The topological polar surface area (TPSA) is 110 Å². The van der Waals surface area contributed by atoms with Gasteiger partial charge in [0.2, 0.25) is 5.79 Å². The summed E-state index contributed by atoms with van der Waals surface area (Å²) < 4.78 is -2.18. The van der Waals surface area contributed by atoms with Gasteiger partial charge in [-0.25, -0.2) is 0 Å². The molecular formula is C13H12Cl2N2O3. The van der Waals surface area contributed by atoms with Gasteiger partial charge in [-0.05, 0) is 6.08 Å². The molecule has 0 radical (unpaired) electrons. The molecule has 1 aromatic carbocycles. The Morgan fingerprint density at radius 2 is 1.65 bits per heavy atom. The van der Waals surface area contributed by atoms with Gasteiger partial charge in [0.05, 0.1) is 11.4 Å². The second-order valence-electron chi connectivity index (χ2n) is 4.38. The van der Waals surface area contributed by atoms with Crippen LogP contribution in [0.4, 0.5) is 0 Å². The normalized spacial score (nSPS) is 20.5. The zero-order valence-electron chi connectivity index (χ0n) is 10.2. The average molecular weight is 315 g/mol. The molecule has 0 bridgehead atoms. The summed E-state index contributed by atoms with van der Waals surface area (Å²) >= 11 is 11.6. The lowest BCUT2D eigenvalue weighted by Crippen LogP contribution is -2.53. The first-order chi connectivity index (χ1) is 9.18. The van der Waals surface area contributed by atoms with E-state index in [1.807, 2.05) is 0 Å². The van der Waals surface area contributed by atoms with E-state index in [1.165, 1.54) is 0 Å². The summed E-state index contributed by atoms with van der Waals surface area (Å²) in [6.45, 7) is 0. The summed E-state index contributed by atoms with van der Waals surface area (Å²) in [6, 6.07) is 8.26. The third kappa shape index (κ3) is 2.19. The fourth-order valence-electron chi connectivity index (χ4n) is 1.80. The number of alkyl halides is 2. The summed E-state index contributed by atoms with van der Waals surface area (Å²) in [6.07, 6.45) is 0.983. The third-order valence-corrected chi connectivity index (χ3v) is 3.77. The van der Waals surface area contributed by atoms with E-state index in [2.05, 4.69) is 0 Å². The first kappa shape index (κ1) is 14.9. The van der Waals surface area contributed by atoms with Crippen LogP contribution >= 0.6 is 23.2 Å². The van der Waals surface area contributed by atoms with Crippen molar-refractivity contribution < 1.29 is 15.0 Å². The Morgan fingerprint density at radius 1 is 1.10 bits per heavy atom. The van der Waals surface area contributed by atoms with Gasteiger partial charge in [-0.15, -0.1) is 0 Å². The van der Waals surface area contributed by atoms with Crippen LogP contribution in [0, 0.1) is 0 Å². The van der Waals surface area contributed by atoms with Crippen molar-refractivity contribution in [1.82, 2.24) is 0 Å². The third-order valence-electron chi connectivity index (χ3n) is 3.03. The second kappa shape index (κ2) is 4.79. The lowest BCUT2D eigenvalue weighted by molar-refractivity contribution is -0.133. The van der Waals surface area contributed by atoms with Crippen LogP contribution < -0.4 is 11.5 Å². The van der Waals surface area contributed by atoms with Crippen molar-refractivity contribution in [2.75, 3.05) is 0 Å². The molecule has 106 valence electrons. The maximum atomic E-state index is 12.3. The molecule has 0 unspecified atom stereocenters. The molecule has 0 aliphatic heterocycles. The van der Waals surface area contributed by atoms with Crippen molar-refractivity contribution in [3.05, 3.63) is 58.9 Å². The predicted octanol–water partition coefficient (Wildman–Crippen LogP) is 0.793. The molecule has 0 amide bonds. The number of Topliss-reactive ketones (excluding diaryl/α,β-unsaturated/α-hetero) is 1. The van der Waals surface area contributed by atoms with Gasteiger partial charge in [-0.3, -0.25) is 4.79 Å². The molecule has 2 rings (SSSR count). The molecule has 0 spiro atoms. The number of halogens is 2. The molecule has 20 heavy (non-hydrogen) atoms. The van der Waals surface area contributed by atoms with Gasteiger partial charge in [0.15, 0.2) is 10.1 Å². The largest absolute Gasteiger partial charge is 0.397 e. The number of ketones is 1. The number of carbonyl (C=O) groups excluding carboxylic acids is 1. The number of hydrogen-bond donors (Lipinski definition) is 4. The maximum Gasteiger partial charge on any atom is 0.244 e. The fourth-order valence-corrected chi connectivity index (χ4v) is 2.23. The minimum atomic E-state index is -2.75. The summed E-state index contributed by atoms with van der Waals surface area (Å²) in [7, 11) is 0. The standard InChI is InChI=1S/C13H12Cl2N2O3/c14-12(15)6-8(9(16)11(17)13(12,19)20)10(18)7-4-2-1-3-5-7/h1-6,19-20H,16-17H2. The Balaban J connectivity index is 2.53. The zero-order valence-corrected chi connectivity index (χ0v) is 11.7. The van der Waals surface area contributed by atoms with E-state index in [4.69, 9.17) is 34.7 Å². The SMILES string of the molecule is NC1=C(N)C(O)(O)C(Cl)(Cl)C=C1C(=O)c1ccccc1. The quantitative estimate of drug-likeness (QED) is 0.366. The number of carbonyl (C=O) groups is 1. The molecule has 0 aromatic heterocycles. The van der Waals surface area contributed by atoms with Crippen LogP contribution in [-0.2, 0) is 0 Å². The van der Waals surface area contributed by atoms with Gasteiger partial charge >= 0.3 is 0 Å². The summed E-state index contributed by atoms with van der Waals surface area (Å²) in [5, 5.41) is 19.6. The molecule has 7 heteroatoms. The van der Waals surface area contributed by atoms with Crippen molar-refractivity contribution in [3.8, 4) is 0 Å². The summed E-state index contributed by atoms with van der Waals surface area (Å²) in [5.41, 5.74) is 10.7. The number of benzene rings is 1. The number of rotatable bonds is 2. The molecule has 0 saturated carbocycles. The predicted molar refractivity (Wildman–Crippen MR) is 75.9 cm³/mol. The Labute approximate surface area is 125 Å². The maximum absolute atomic E-state index is 12.3. The van der Waals surface area contributed by atoms with Crippen molar-refractivity contribution in [2.45, 2.75) is 10.1 Å². The van der Waals surface area contributed by atoms with Crippen LogP contribution in [0.5, 0.6) is 0 Å². The highest BCUT2D eigenvalue weighted by Crippen LogP contribution is 2.43. The number of nitrogens with two attached hydrogens (primary N) is 2. The van der Waals surface area contributed by atoms with Gasteiger partial charge in [-0.2, -0.15) is 0 Å². The van der Waals surface area contributed by atoms with Crippen molar-refractivity contribution in [2.24, 2.45) is 11.5 Å². The van der Waals surface area contributed by atoms with E-state index in [-0.39, 0.29) is 11.3 Å². The molecule has 5 nitrogen and oxygen atoms in total. The minimum Gasteiger partial charge on any atom is -0.397 e. The van der Waals surface area contributed by atoms with Gasteiger partial charge in [0, 0.05) is 11.1 Å². The molecular weight excluding hydrogens is 303 g/mol. The van der Waals surface area contributed by atoms with Crippen molar-refractivity contribution in [1.29, 1.82) is 0 Å². The van der Waals surface area contributed by atoms with Crippen molar-refractivity contribution >= 4 is 29.0 Å². The first-order valence-corrected chi connectivity index (χ1v) is 6.35. The van der Waals surface area contributed by atoms with E-state index in [0.29, 0.717) is 5.56 Å². The average Bonchev–Trinajstić information content (AvgIpc) is 2.42. The smallest absolute Gasteiger partial charge is 0.244 e. The van der Waals surface area contributed by atoms with Gasteiger partial charge in [0.1, 0.15) is 0 Å². The lowest BCUT2D eigenvalue weighted by atomic mass is 9.90. The molecule has 1 aliphatic rings. The highest BCUT2D eigenvalue weighted by Gasteiger charge is 2.52. The van der Waals surface area contributed by atoms with E-state index < -0.39 is 21.6 Å². The Kier molecular flexibility index (Phi) is 3.56. The van der Waals surface area contributed by atoms with E-state index in [9.17, 15) is 15.0 Å². The molecule has 1 aliphatic carbocycles. The fraction of sp³-hybridized carbons (Fsp3) is 0.154. The van der Waals surface area contributed by atoms with Crippen LogP contribution in [0.2, 0.25) is 0 Å². The Hall–Kier alpha value is -1.53. The molecule has 0 saturated heterocycles. The van der Waals surface area contributed by atoms with Crippen LogP contribution in [0.1, 0.15) is 10.4 Å². The highest BCUT2D eigenvalue weighted by molar-refractivity contribution is 6.51. The number of hydrogen-bond acceptors (Lipinski definition) is 5. The van der Waals surface area contributed by atoms with E-state index in [1.54, 1.807) is 30.3 Å². The van der Waals surface area contributed by atoms with E-state index in [0.717, 1.165) is 6.08 Å². The van der Waals surface area contributed by atoms with Gasteiger partial charge in [0.25, 0.3) is 0 Å². The second-order valence-corrected chi connectivity index (χ2v) is 5.76. The Morgan fingerprint density at radius 3 is 2.20 bits per heavy atom. The highest BCUT2D eigenvalue weighted by atomic mass is 35.5. The molecule has 6 N–H and O–H groups in total. The molecule has 1 aromatic rings. The Bertz CT molecular complexity index is 622. The molecule has 0 heterocycles. The number of allylic oxidation sites excluding steroid dienone is 1. The van der Waals surface area contributed by atoms with Crippen LogP contribution in [-0.4, -0.2) is 26.1 Å². The van der Waals surface area contributed by atoms with Crippen LogP contribution in [0.15, 0.2) is 53.4 Å². The minimum absolute atomic E-state index is 0.0718. The monoisotopic (exact) mass is 314 g/mol. The van der Waals surface area contributed by atoms with Crippen LogP contribution in [0.3, 0.4) is 0 Å². The summed E-state index contributed by atoms with van der Waals surface area (Å²) in [4.78, 5) is 12.3. The van der Waals surface area contributed by atoms with Crippen molar-refractivity contribution in [3.63, 3.8) is 0 Å². The van der Waals surface area contributed by atoms with Gasteiger partial charge < -0.3 is 21.7 Å². The zero-order chi connectivity index (χ0) is 15.1. The van der Waals surface area contributed by atoms with Gasteiger partial charge in [-0.1, -0.05) is 53.5 Å². The molecule has 0 fully saturated rings. The molecule has 0 atom stereocenters. The lowest BCUT2D eigenvalue weighted by Gasteiger charge is -2.36. The summed E-state index contributed by atoms with van der Waals surface area (Å²) in [5.74, 6) is -3.21.